The van der Waals surface area contributed by atoms with Crippen molar-refractivity contribution in [3.8, 4) is 0 Å². The van der Waals surface area contributed by atoms with Crippen molar-refractivity contribution in [3.05, 3.63) is 34.5 Å². The fourth-order valence-electron chi connectivity index (χ4n) is 5.52. The van der Waals surface area contributed by atoms with E-state index in [1.807, 2.05) is 34.6 Å². The summed E-state index contributed by atoms with van der Waals surface area (Å²) in [7, 11) is 0. The summed E-state index contributed by atoms with van der Waals surface area (Å²) in [5.41, 5.74) is -0.633. The van der Waals surface area contributed by atoms with Crippen LogP contribution in [0.15, 0.2) is 29.7 Å². The van der Waals surface area contributed by atoms with E-state index in [4.69, 9.17) is 4.74 Å². The first-order chi connectivity index (χ1) is 15.3. The first kappa shape index (κ1) is 23.5. The Morgan fingerprint density at radius 1 is 1.31 bits per heavy atom. The van der Waals surface area contributed by atoms with E-state index in [0.29, 0.717) is 31.5 Å². The zero-order valence-electron chi connectivity index (χ0n) is 19.8. The van der Waals surface area contributed by atoms with Gasteiger partial charge in [0.2, 0.25) is 11.8 Å². The van der Waals surface area contributed by atoms with Crippen molar-refractivity contribution in [1.29, 1.82) is 0 Å². The predicted octanol–water partition coefficient (Wildman–Crippen LogP) is 3.15. The molecule has 1 N–H and O–H groups in total. The van der Waals surface area contributed by atoms with Gasteiger partial charge in [0.05, 0.1) is 31.0 Å². The molecular weight excluding hydrogens is 422 g/mol. The van der Waals surface area contributed by atoms with Crippen molar-refractivity contribution in [2.75, 3.05) is 32.7 Å². The standard InChI is InChI=1S/C25H37N3O3S/c1-17(2)13-27(14-18(3)4)11-6-10-26-23(29)21-20-8-9-25(31-20)16-28(24(30)22(21)25)15-19-7-5-12-32-19/h5,7-9,12,17-18,20-22H,6,10-11,13-16H2,1-4H3,(H,26,29)/t20-,21-,22-,25-/m0/s1. The fourth-order valence-corrected chi connectivity index (χ4v) is 6.24. The van der Waals surface area contributed by atoms with Crippen LogP contribution in [0.3, 0.4) is 0 Å². The number of fused-ring (bicyclic) bond motifs is 1. The Hall–Kier alpha value is -1.70. The maximum Gasteiger partial charge on any atom is 0.230 e. The summed E-state index contributed by atoms with van der Waals surface area (Å²) in [6.45, 7) is 13.9. The summed E-state index contributed by atoms with van der Waals surface area (Å²) in [6, 6.07) is 4.05. The molecule has 32 heavy (non-hydrogen) atoms. The summed E-state index contributed by atoms with van der Waals surface area (Å²) in [5.74, 6) is 0.424. The van der Waals surface area contributed by atoms with Crippen LogP contribution in [0.1, 0.15) is 39.0 Å². The van der Waals surface area contributed by atoms with Gasteiger partial charge in [-0.1, -0.05) is 45.9 Å². The fraction of sp³-hybridized carbons (Fsp3) is 0.680. The van der Waals surface area contributed by atoms with Crippen LogP contribution in [0, 0.1) is 23.7 Å². The Bertz CT molecular complexity index is 827. The van der Waals surface area contributed by atoms with Crippen LogP contribution in [0.2, 0.25) is 0 Å². The summed E-state index contributed by atoms with van der Waals surface area (Å²) >= 11 is 1.65. The molecule has 0 unspecified atom stereocenters. The molecule has 2 amide bonds. The molecule has 6 nitrogen and oxygen atoms in total. The molecule has 0 aromatic carbocycles. The number of thiophene rings is 1. The number of nitrogens with one attached hydrogen (secondary N) is 1. The lowest BCUT2D eigenvalue weighted by Gasteiger charge is -2.26. The molecule has 0 aliphatic carbocycles. The lowest BCUT2D eigenvalue weighted by molar-refractivity contribution is -0.137. The zero-order valence-corrected chi connectivity index (χ0v) is 20.6. The second kappa shape index (κ2) is 9.65. The number of carbonyl (C=O) groups excluding carboxylic acids is 2. The Labute approximate surface area is 196 Å². The molecule has 176 valence electrons. The number of ether oxygens (including phenoxy) is 1. The van der Waals surface area contributed by atoms with Crippen molar-refractivity contribution in [3.63, 3.8) is 0 Å². The molecule has 7 heteroatoms. The van der Waals surface area contributed by atoms with Crippen LogP contribution in [0.4, 0.5) is 0 Å². The van der Waals surface area contributed by atoms with Crippen molar-refractivity contribution in [2.24, 2.45) is 23.7 Å². The average Bonchev–Trinajstić information content (AvgIpc) is 3.47. The first-order valence-corrected chi connectivity index (χ1v) is 12.9. The number of amides is 2. The quantitative estimate of drug-likeness (QED) is 0.408. The highest BCUT2D eigenvalue weighted by Crippen LogP contribution is 2.52. The van der Waals surface area contributed by atoms with Gasteiger partial charge in [-0.05, 0) is 36.2 Å². The Kier molecular flexibility index (Phi) is 7.08. The number of nitrogens with zero attached hydrogens (tertiary/aromatic N) is 2. The minimum atomic E-state index is -0.633. The summed E-state index contributed by atoms with van der Waals surface area (Å²) in [6.07, 6.45) is 4.63. The lowest BCUT2D eigenvalue weighted by atomic mass is 9.77. The van der Waals surface area contributed by atoms with Crippen molar-refractivity contribution >= 4 is 23.2 Å². The van der Waals surface area contributed by atoms with Gasteiger partial charge in [0.1, 0.15) is 5.60 Å². The van der Waals surface area contributed by atoms with E-state index in [2.05, 4.69) is 37.9 Å². The van der Waals surface area contributed by atoms with Gasteiger partial charge < -0.3 is 19.9 Å². The Morgan fingerprint density at radius 3 is 2.72 bits per heavy atom. The van der Waals surface area contributed by atoms with E-state index in [9.17, 15) is 9.59 Å². The molecule has 2 bridgehead atoms. The zero-order chi connectivity index (χ0) is 22.9. The smallest absolute Gasteiger partial charge is 0.230 e. The maximum atomic E-state index is 13.3. The second-order valence-corrected chi connectivity index (χ2v) is 11.4. The highest BCUT2D eigenvalue weighted by molar-refractivity contribution is 7.09. The van der Waals surface area contributed by atoms with Crippen molar-refractivity contribution in [1.82, 2.24) is 15.1 Å². The molecule has 2 saturated heterocycles. The summed E-state index contributed by atoms with van der Waals surface area (Å²) < 4.78 is 6.23. The highest BCUT2D eigenvalue weighted by Gasteiger charge is 2.66. The molecule has 2 fully saturated rings. The van der Waals surface area contributed by atoms with Crippen LogP contribution >= 0.6 is 11.3 Å². The summed E-state index contributed by atoms with van der Waals surface area (Å²) in [4.78, 5) is 31.9. The van der Waals surface area contributed by atoms with Gasteiger partial charge >= 0.3 is 0 Å². The minimum Gasteiger partial charge on any atom is -0.360 e. The maximum absolute atomic E-state index is 13.3. The first-order valence-electron chi connectivity index (χ1n) is 12.0. The van der Waals surface area contributed by atoms with Crippen molar-refractivity contribution in [2.45, 2.75) is 52.4 Å². The van der Waals surface area contributed by atoms with Crippen LogP contribution in [0.25, 0.3) is 0 Å². The molecule has 3 aliphatic heterocycles. The normalized spacial score (nSPS) is 28.5. The van der Waals surface area contributed by atoms with E-state index in [0.717, 1.165) is 30.9 Å². The topological polar surface area (TPSA) is 61.9 Å². The average molecular weight is 460 g/mol. The molecule has 1 spiro atoms. The molecular formula is C25H37N3O3S. The third-order valence-electron chi connectivity index (χ3n) is 6.61. The van der Waals surface area contributed by atoms with E-state index in [-0.39, 0.29) is 17.9 Å². The number of hydrogen-bond acceptors (Lipinski definition) is 5. The largest absolute Gasteiger partial charge is 0.360 e. The molecule has 0 radical (unpaired) electrons. The Morgan fingerprint density at radius 2 is 2.06 bits per heavy atom. The van der Waals surface area contributed by atoms with Crippen molar-refractivity contribution < 1.29 is 14.3 Å². The Balaban J connectivity index is 1.32. The molecule has 0 saturated carbocycles. The predicted molar refractivity (Wildman–Crippen MR) is 127 cm³/mol. The van der Waals surface area contributed by atoms with E-state index < -0.39 is 17.4 Å². The molecule has 4 atom stereocenters. The number of rotatable bonds is 11. The van der Waals surface area contributed by atoms with Gasteiger partial charge in [-0.15, -0.1) is 11.3 Å². The van der Waals surface area contributed by atoms with Crippen LogP contribution < -0.4 is 5.32 Å². The monoisotopic (exact) mass is 459 g/mol. The lowest BCUT2D eigenvalue weighted by Crippen LogP contribution is -2.44. The summed E-state index contributed by atoms with van der Waals surface area (Å²) in [5, 5.41) is 5.14. The van der Waals surface area contributed by atoms with E-state index in [1.54, 1.807) is 11.3 Å². The van der Waals surface area contributed by atoms with Gasteiger partial charge in [-0.2, -0.15) is 0 Å². The van der Waals surface area contributed by atoms with Gasteiger partial charge in [-0.3, -0.25) is 9.59 Å². The molecule has 1 aromatic rings. The number of carbonyl (C=O) groups is 2. The third kappa shape index (κ3) is 4.80. The highest BCUT2D eigenvalue weighted by atomic mass is 32.1. The molecule has 4 heterocycles. The molecule has 4 rings (SSSR count). The van der Waals surface area contributed by atoms with Crippen LogP contribution in [-0.4, -0.2) is 66.0 Å². The van der Waals surface area contributed by atoms with Gasteiger partial charge in [0.25, 0.3) is 0 Å². The van der Waals surface area contributed by atoms with E-state index >= 15 is 0 Å². The van der Waals surface area contributed by atoms with E-state index in [1.165, 1.54) is 0 Å². The number of hydrogen-bond donors (Lipinski definition) is 1. The van der Waals surface area contributed by atoms with Gasteiger partial charge in [0.15, 0.2) is 0 Å². The van der Waals surface area contributed by atoms with Gasteiger partial charge in [-0.25, -0.2) is 0 Å². The third-order valence-corrected chi connectivity index (χ3v) is 7.47. The van der Waals surface area contributed by atoms with Crippen LogP contribution in [0.5, 0.6) is 0 Å². The SMILES string of the molecule is CC(C)CN(CCCNC(=O)[C@H]1[C@@H]2C=C[C@@]3(CN(Cc4cccs4)C(=O)[C@H]13)O2)CC(C)C. The van der Waals surface area contributed by atoms with Gasteiger partial charge in [0, 0.05) is 24.5 Å². The van der Waals surface area contributed by atoms with Crippen LogP contribution in [-0.2, 0) is 20.9 Å². The molecule has 1 aromatic heterocycles. The molecule has 3 aliphatic rings. The minimum absolute atomic E-state index is 0.0446. The number of likely N-dealkylation sites (tertiary alicyclic amines) is 1. The second-order valence-electron chi connectivity index (χ2n) is 10.4.